The Bertz CT molecular complexity index is 743. The second-order valence-corrected chi connectivity index (χ2v) is 7.84. The molecule has 0 radical (unpaired) electrons. The van der Waals surface area contributed by atoms with Crippen molar-refractivity contribution in [1.29, 1.82) is 0 Å². The summed E-state index contributed by atoms with van der Waals surface area (Å²) in [5.74, 6) is 0.984. The summed E-state index contributed by atoms with van der Waals surface area (Å²) in [7, 11) is 1.63. The fourth-order valence-corrected chi connectivity index (χ4v) is 3.86. The molecule has 0 bridgehead atoms. The Morgan fingerprint density at radius 3 is 2.36 bits per heavy atom. The molecule has 0 unspecified atom stereocenters. The van der Waals surface area contributed by atoms with E-state index in [0.717, 1.165) is 17.7 Å². The van der Waals surface area contributed by atoms with Crippen molar-refractivity contribution < 1.29 is 13.9 Å². The minimum absolute atomic E-state index is 0.259. The lowest BCUT2D eigenvalue weighted by Gasteiger charge is -2.22. The first-order valence-electron chi connectivity index (χ1n) is 10.1. The Balaban J connectivity index is 1.62. The molecular weight excluding hydrogens is 377 g/mol. The van der Waals surface area contributed by atoms with E-state index in [2.05, 4.69) is 5.32 Å². The number of hydrogen-bond donors (Lipinski definition) is 1. The van der Waals surface area contributed by atoms with E-state index in [1.54, 1.807) is 25.3 Å². The monoisotopic (exact) mass is 405 g/mol. The van der Waals surface area contributed by atoms with E-state index in [-0.39, 0.29) is 5.82 Å². The summed E-state index contributed by atoms with van der Waals surface area (Å²) in [6, 6.07) is 10.6. The predicted molar refractivity (Wildman–Crippen MR) is 112 cm³/mol. The largest absolute Gasteiger partial charge is 0.493 e. The maximum atomic E-state index is 13.0. The molecule has 1 saturated carbocycles. The Kier molecular flexibility index (Phi) is 7.99. The number of benzene rings is 2. The standard InChI is InChI=1S/C23H29ClFNO2/c1-27-22-13-18(15-26-20-7-5-3-2-4-6-8-20)21(24)14-23(22)28-16-17-9-11-19(25)12-10-17/h9-14,20,26H,2-8,15-16H2,1H3. The van der Waals surface area contributed by atoms with Crippen molar-refractivity contribution in [3.63, 3.8) is 0 Å². The smallest absolute Gasteiger partial charge is 0.163 e. The Morgan fingerprint density at radius 2 is 1.68 bits per heavy atom. The van der Waals surface area contributed by atoms with E-state index >= 15 is 0 Å². The normalized spacial score (nSPS) is 15.7. The fraction of sp³-hybridized carbons (Fsp3) is 0.478. The van der Waals surface area contributed by atoms with Gasteiger partial charge < -0.3 is 14.8 Å². The zero-order valence-corrected chi connectivity index (χ0v) is 17.2. The van der Waals surface area contributed by atoms with Gasteiger partial charge in [0.2, 0.25) is 0 Å². The SMILES string of the molecule is COc1cc(CNC2CCCCCCC2)c(Cl)cc1OCc1ccc(F)cc1. The molecule has 28 heavy (non-hydrogen) atoms. The molecule has 0 amide bonds. The molecule has 152 valence electrons. The molecule has 0 aliphatic heterocycles. The fourth-order valence-electron chi connectivity index (χ4n) is 3.64. The lowest BCUT2D eigenvalue weighted by atomic mass is 9.96. The average molecular weight is 406 g/mol. The van der Waals surface area contributed by atoms with Crippen molar-refractivity contribution in [2.75, 3.05) is 7.11 Å². The Labute approximate surface area is 172 Å². The summed E-state index contributed by atoms with van der Waals surface area (Å²) in [5, 5.41) is 4.32. The van der Waals surface area contributed by atoms with Crippen LogP contribution in [0, 0.1) is 5.82 Å². The molecule has 2 aromatic carbocycles. The molecule has 2 aromatic rings. The first-order chi connectivity index (χ1) is 13.7. The summed E-state index contributed by atoms with van der Waals surface area (Å²) in [5.41, 5.74) is 1.89. The lowest BCUT2D eigenvalue weighted by molar-refractivity contribution is 0.284. The van der Waals surface area contributed by atoms with Gasteiger partial charge in [-0.3, -0.25) is 0 Å². The van der Waals surface area contributed by atoms with E-state index in [1.807, 2.05) is 6.07 Å². The van der Waals surface area contributed by atoms with E-state index in [0.29, 0.717) is 29.2 Å². The van der Waals surface area contributed by atoms with Crippen molar-refractivity contribution in [2.24, 2.45) is 0 Å². The van der Waals surface area contributed by atoms with Crippen molar-refractivity contribution in [2.45, 2.75) is 64.1 Å². The first-order valence-corrected chi connectivity index (χ1v) is 10.5. The molecule has 5 heteroatoms. The summed E-state index contributed by atoms with van der Waals surface area (Å²) < 4.78 is 24.4. The molecule has 1 aliphatic rings. The highest BCUT2D eigenvalue weighted by atomic mass is 35.5. The van der Waals surface area contributed by atoms with E-state index in [9.17, 15) is 4.39 Å². The second kappa shape index (κ2) is 10.7. The Hall–Kier alpha value is -1.78. The first kappa shape index (κ1) is 20.9. The number of nitrogens with one attached hydrogen (secondary N) is 1. The van der Waals surface area contributed by atoms with Gasteiger partial charge in [-0.2, -0.15) is 0 Å². The summed E-state index contributed by atoms with van der Waals surface area (Å²) in [6.07, 6.45) is 9.10. The van der Waals surface area contributed by atoms with Crippen LogP contribution in [0.15, 0.2) is 36.4 Å². The molecule has 0 aromatic heterocycles. The third kappa shape index (κ3) is 6.11. The van der Waals surface area contributed by atoms with Crippen LogP contribution in [0.2, 0.25) is 5.02 Å². The van der Waals surface area contributed by atoms with Crippen LogP contribution in [-0.4, -0.2) is 13.2 Å². The number of hydrogen-bond acceptors (Lipinski definition) is 3. The summed E-state index contributed by atoms with van der Waals surface area (Å²) in [6.45, 7) is 1.05. The molecule has 0 spiro atoms. The van der Waals surface area contributed by atoms with Crippen molar-refractivity contribution in [1.82, 2.24) is 5.32 Å². The topological polar surface area (TPSA) is 30.5 Å². The quantitative estimate of drug-likeness (QED) is 0.588. The van der Waals surface area contributed by atoms with Crippen molar-refractivity contribution >= 4 is 11.6 Å². The van der Waals surface area contributed by atoms with Crippen LogP contribution in [0.3, 0.4) is 0 Å². The number of ether oxygens (including phenoxy) is 2. The van der Waals surface area contributed by atoms with Crippen LogP contribution in [0.4, 0.5) is 4.39 Å². The second-order valence-electron chi connectivity index (χ2n) is 7.43. The summed E-state index contributed by atoms with van der Waals surface area (Å²) >= 11 is 6.51. The van der Waals surface area contributed by atoms with Crippen LogP contribution in [0.1, 0.15) is 56.1 Å². The van der Waals surface area contributed by atoms with Gasteiger partial charge in [0.05, 0.1) is 7.11 Å². The highest BCUT2D eigenvalue weighted by molar-refractivity contribution is 6.31. The van der Waals surface area contributed by atoms with Gasteiger partial charge in [0.25, 0.3) is 0 Å². The third-order valence-corrected chi connectivity index (χ3v) is 5.68. The summed E-state index contributed by atoms with van der Waals surface area (Å²) in [4.78, 5) is 0. The predicted octanol–water partition coefficient (Wildman–Crippen LogP) is 6.27. The maximum Gasteiger partial charge on any atom is 0.163 e. The van der Waals surface area contributed by atoms with E-state index in [1.165, 1.54) is 57.1 Å². The maximum absolute atomic E-state index is 13.0. The minimum Gasteiger partial charge on any atom is -0.493 e. The van der Waals surface area contributed by atoms with Gasteiger partial charge in [-0.25, -0.2) is 4.39 Å². The number of halogens is 2. The van der Waals surface area contributed by atoms with E-state index in [4.69, 9.17) is 21.1 Å². The molecular formula is C23H29ClFNO2. The highest BCUT2D eigenvalue weighted by Gasteiger charge is 2.14. The molecule has 3 nitrogen and oxygen atoms in total. The van der Waals surface area contributed by atoms with Crippen molar-refractivity contribution in [3.8, 4) is 11.5 Å². The van der Waals surface area contributed by atoms with Crippen LogP contribution < -0.4 is 14.8 Å². The minimum atomic E-state index is -0.259. The third-order valence-electron chi connectivity index (χ3n) is 5.33. The lowest BCUT2D eigenvalue weighted by Crippen LogP contribution is -2.29. The van der Waals surface area contributed by atoms with Crippen LogP contribution in [-0.2, 0) is 13.2 Å². The highest BCUT2D eigenvalue weighted by Crippen LogP contribution is 2.34. The van der Waals surface area contributed by atoms with E-state index < -0.39 is 0 Å². The zero-order chi connectivity index (χ0) is 19.8. The molecule has 0 heterocycles. The molecule has 1 fully saturated rings. The van der Waals surface area contributed by atoms with Crippen LogP contribution in [0.5, 0.6) is 11.5 Å². The van der Waals surface area contributed by atoms with Gasteiger partial charge in [0.15, 0.2) is 11.5 Å². The molecule has 3 rings (SSSR count). The molecule has 1 N–H and O–H groups in total. The van der Waals surface area contributed by atoms with Crippen LogP contribution >= 0.6 is 11.6 Å². The zero-order valence-electron chi connectivity index (χ0n) is 16.5. The van der Waals surface area contributed by atoms with Crippen LogP contribution in [0.25, 0.3) is 0 Å². The van der Waals surface area contributed by atoms with Gasteiger partial charge >= 0.3 is 0 Å². The van der Waals surface area contributed by atoms with Gasteiger partial charge in [0, 0.05) is 23.7 Å². The number of rotatable bonds is 7. The van der Waals surface area contributed by atoms with Gasteiger partial charge in [-0.1, -0.05) is 55.8 Å². The molecule has 0 saturated heterocycles. The number of methoxy groups -OCH3 is 1. The van der Waals surface area contributed by atoms with Gasteiger partial charge in [-0.15, -0.1) is 0 Å². The molecule has 0 atom stereocenters. The van der Waals surface area contributed by atoms with Gasteiger partial charge in [0.1, 0.15) is 12.4 Å². The Morgan fingerprint density at radius 1 is 1.00 bits per heavy atom. The average Bonchev–Trinajstić information content (AvgIpc) is 2.67. The van der Waals surface area contributed by atoms with Crippen molar-refractivity contribution in [3.05, 3.63) is 58.4 Å². The molecule has 1 aliphatic carbocycles. The van der Waals surface area contributed by atoms with Gasteiger partial charge in [-0.05, 0) is 42.2 Å².